The van der Waals surface area contributed by atoms with E-state index in [4.69, 9.17) is 16.3 Å². The van der Waals surface area contributed by atoms with E-state index in [-0.39, 0.29) is 5.91 Å². The zero-order valence-corrected chi connectivity index (χ0v) is 15.6. The lowest BCUT2D eigenvalue weighted by molar-refractivity contribution is -0.121. The Balaban J connectivity index is 1.44. The van der Waals surface area contributed by atoms with Crippen molar-refractivity contribution in [2.45, 2.75) is 19.3 Å². The first-order valence-electron chi connectivity index (χ1n) is 8.22. The van der Waals surface area contributed by atoms with Crippen molar-refractivity contribution in [1.29, 1.82) is 0 Å². The van der Waals surface area contributed by atoms with E-state index in [2.05, 4.69) is 23.5 Å². The van der Waals surface area contributed by atoms with Gasteiger partial charge in [-0.1, -0.05) is 35.9 Å². The van der Waals surface area contributed by atoms with E-state index in [0.717, 1.165) is 18.4 Å². The fourth-order valence-electron chi connectivity index (χ4n) is 2.70. The number of halogens is 1. The van der Waals surface area contributed by atoms with Gasteiger partial charge in [0.1, 0.15) is 5.75 Å². The summed E-state index contributed by atoms with van der Waals surface area (Å²) >= 11 is 7.87. The number of hydrogen-bond acceptors (Lipinski definition) is 3. The molecular formula is C20H20ClNO2S. The van der Waals surface area contributed by atoms with Gasteiger partial charge < -0.3 is 10.1 Å². The molecule has 3 aromatic rings. The molecule has 0 aliphatic rings. The van der Waals surface area contributed by atoms with Crippen LogP contribution in [-0.2, 0) is 17.6 Å². The van der Waals surface area contributed by atoms with Crippen LogP contribution in [0.5, 0.6) is 5.75 Å². The Kier molecular flexibility index (Phi) is 5.95. The van der Waals surface area contributed by atoms with Crippen LogP contribution in [0.15, 0.2) is 48.5 Å². The number of rotatable bonds is 7. The lowest BCUT2D eigenvalue weighted by Gasteiger charge is -2.07. The Morgan fingerprint density at radius 1 is 1.16 bits per heavy atom. The minimum Gasteiger partial charge on any atom is -0.495 e. The highest BCUT2D eigenvalue weighted by Crippen LogP contribution is 2.26. The summed E-state index contributed by atoms with van der Waals surface area (Å²) in [5, 5.41) is 4.82. The summed E-state index contributed by atoms with van der Waals surface area (Å²) in [5.74, 6) is 0.745. The number of ether oxygens (including phenoxy) is 1. The molecule has 0 unspecified atom stereocenters. The fraction of sp³-hybridized carbons (Fsp3) is 0.250. The van der Waals surface area contributed by atoms with E-state index in [9.17, 15) is 4.79 Å². The second-order valence-electron chi connectivity index (χ2n) is 5.82. The third kappa shape index (κ3) is 4.74. The Labute approximate surface area is 156 Å². The maximum absolute atomic E-state index is 12.0. The van der Waals surface area contributed by atoms with Gasteiger partial charge in [-0.25, -0.2) is 0 Å². The second kappa shape index (κ2) is 8.37. The first-order valence-corrected chi connectivity index (χ1v) is 9.42. The number of aryl methyl sites for hydroxylation is 1. The summed E-state index contributed by atoms with van der Waals surface area (Å²) in [6.45, 7) is 0.605. The van der Waals surface area contributed by atoms with Crippen LogP contribution in [0.25, 0.3) is 10.1 Å². The summed E-state index contributed by atoms with van der Waals surface area (Å²) in [4.78, 5) is 13.3. The van der Waals surface area contributed by atoms with E-state index < -0.39 is 0 Å². The first-order chi connectivity index (χ1) is 12.2. The van der Waals surface area contributed by atoms with Gasteiger partial charge in [-0.2, -0.15) is 0 Å². The molecule has 25 heavy (non-hydrogen) atoms. The van der Waals surface area contributed by atoms with Gasteiger partial charge >= 0.3 is 0 Å². The van der Waals surface area contributed by atoms with Crippen LogP contribution in [0.2, 0.25) is 5.02 Å². The molecule has 1 N–H and O–H groups in total. The Morgan fingerprint density at radius 3 is 2.76 bits per heavy atom. The molecule has 0 radical (unpaired) electrons. The third-order valence-electron chi connectivity index (χ3n) is 4.03. The van der Waals surface area contributed by atoms with Crippen molar-refractivity contribution in [3.05, 3.63) is 64.0 Å². The maximum atomic E-state index is 12.0. The van der Waals surface area contributed by atoms with E-state index in [0.29, 0.717) is 23.7 Å². The number of methoxy groups -OCH3 is 1. The van der Waals surface area contributed by atoms with Crippen molar-refractivity contribution in [2.75, 3.05) is 13.7 Å². The van der Waals surface area contributed by atoms with E-state index in [1.54, 1.807) is 18.4 Å². The topological polar surface area (TPSA) is 38.3 Å². The molecule has 1 heterocycles. The lowest BCUT2D eigenvalue weighted by atomic mass is 10.1. The van der Waals surface area contributed by atoms with Gasteiger partial charge in [-0.3, -0.25) is 4.79 Å². The molecule has 0 spiro atoms. The Hall–Kier alpha value is -2.04. The van der Waals surface area contributed by atoms with Crippen LogP contribution < -0.4 is 10.1 Å². The molecule has 1 aromatic heterocycles. The average molecular weight is 374 g/mol. The van der Waals surface area contributed by atoms with Crippen molar-refractivity contribution < 1.29 is 9.53 Å². The molecular weight excluding hydrogens is 354 g/mol. The molecule has 0 aliphatic carbocycles. The maximum Gasteiger partial charge on any atom is 0.220 e. The number of thiophene rings is 1. The number of hydrogen-bond donors (Lipinski definition) is 1. The van der Waals surface area contributed by atoms with Crippen LogP contribution >= 0.6 is 22.9 Å². The van der Waals surface area contributed by atoms with Gasteiger partial charge in [-0.05, 0) is 48.1 Å². The molecule has 130 valence electrons. The summed E-state index contributed by atoms with van der Waals surface area (Å²) in [6, 6.07) is 16.2. The molecule has 0 saturated carbocycles. The second-order valence-corrected chi connectivity index (χ2v) is 7.39. The van der Waals surface area contributed by atoms with Crippen molar-refractivity contribution in [3.63, 3.8) is 0 Å². The van der Waals surface area contributed by atoms with Gasteiger partial charge in [0.25, 0.3) is 0 Å². The molecule has 0 saturated heterocycles. The van der Waals surface area contributed by atoms with E-state index in [1.807, 2.05) is 30.3 Å². The Morgan fingerprint density at radius 2 is 2.00 bits per heavy atom. The smallest absolute Gasteiger partial charge is 0.220 e. The van der Waals surface area contributed by atoms with Crippen molar-refractivity contribution in [3.8, 4) is 5.75 Å². The fourth-order valence-corrected chi connectivity index (χ4v) is 4.04. The molecule has 0 fully saturated rings. The van der Waals surface area contributed by atoms with Gasteiger partial charge in [0.2, 0.25) is 5.91 Å². The predicted molar refractivity (Wildman–Crippen MR) is 105 cm³/mol. The number of carbonyl (C=O) groups is 1. The molecule has 5 heteroatoms. The highest BCUT2D eigenvalue weighted by atomic mass is 35.5. The summed E-state index contributed by atoms with van der Waals surface area (Å²) < 4.78 is 6.41. The summed E-state index contributed by atoms with van der Waals surface area (Å²) in [5.41, 5.74) is 1.08. The van der Waals surface area contributed by atoms with Crippen LogP contribution in [0, 0.1) is 0 Å². The zero-order chi connectivity index (χ0) is 17.6. The van der Waals surface area contributed by atoms with Gasteiger partial charge in [0.05, 0.1) is 12.1 Å². The molecule has 0 atom stereocenters. The number of nitrogens with one attached hydrogen (secondary N) is 1. The predicted octanol–water partition coefficient (Wildman–Crippen LogP) is 4.85. The summed E-state index contributed by atoms with van der Waals surface area (Å²) in [6.07, 6.45) is 2.04. The van der Waals surface area contributed by atoms with E-state index >= 15 is 0 Å². The first kappa shape index (κ1) is 17.8. The standard InChI is InChI=1S/C20H20ClNO2S/c1-24-18-8-6-14(12-17(18)21)10-11-22-20(23)9-7-16-13-15-4-2-3-5-19(15)25-16/h2-6,8,12-13H,7,9-11H2,1H3,(H,22,23). The SMILES string of the molecule is COc1ccc(CCNC(=O)CCc2cc3ccccc3s2)cc1Cl. The number of fused-ring (bicyclic) bond motifs is 1. The Bertz CT molecular complexity index is 842. The van der Waals surface area contributed by atoms with Crippen LogP contribution in [0.4, 0.5) is 0 Å². The molecule has 0 aliphatic heterocycles. The van der Waals surface area contributed by atoms with Crippen LogP contribution in [0.1, 0.15) is 16.9 Å². The quantitative estimate of drug-likeness (QED) is 0.642. The molecule has 1 amide bonds. The van der Waals surface area contributed by atoms with E-state index in [1.165, 1.54) is 15.0 Å². The average Bonchev–Trinajstić information content (AvgIpc) is 3.03. The minimum absolute atomic E-state index is 0.0806. The molecule has 0 bridgehead atoms. The zero-order valence-electron chi connectivity index (χ0n) is 14.0. The molecule has 3 rings (SSSR count). The number of amides is 1. The minimum atomic E-state index is 0.0806. The van der Waals surface area contributed by atoms with Gasteiger partial charge in [0.15, 0.2) is 0 Å². The number of benzene rings is 2. The third-order valence-corrected chi connectivity index (χ3v) is 5.50. The van der Waals surface area contributed by atoms with Crippen LogP contribution in [0.3, 0.4) is 0 Å². The number of carbonyl (C=O) groups excluding carboxylic acids is 1. The largest absolute Gasteiger partial charge is 0.495 e. The van der Waals surface area contributed by atoms with Gasteiger partial charge in [-0.15, -0.1) is 11.3 Å². The van der Waals surface area contributed by atoms with Crippen molar-refractivity contribution >= 4 is 38.9 Å². The summed E-state index contributed by atoms with van der Waals surface area (Å²) in [7, 11) is 1.59. The molecule has 3 nitrogen and oxygen atoms in total. The van der Waals surface area contributed by atoms with Crippen molar-refractivity contribution in [1.82, 2.24) is 5.32 Å². The lowest BCUT2D eigenvalue weighted by Crippen LogP contribution is -2.25. The highest BCUT2D eigenvalue weighted by molar-refractivity contribution is 7.19. The molecule has 2 aromatic carbocycles. The highest BCUT2D eigenvalue weighted by Gasteiger charge is 2.06. The van der Waals surface area contributed by atoms with Crippen LogP contribution in [-0.4, -0.2) is 19.6 Å². The normalized spacial score (nSPS) is 10.8. The van der Waals surface area contributed by atoms with Crippen molar-refractivity contribution in [2.24, 2.45) is 0 Å². The van der Waals surface area contributed by atoms with Gasteiger partial charge in [0, 0.05) is 22.5 Å². The monoisotopic (exact) mass is 373 g/mol.